The quantitative estimate of drug-likeness (QED) is 0.0106. The van der Waals surface area contributed by atoms with E-state index in [1.165, 1.54) is 101 Å². The van der Waals surface area contributed by atoms with Gasteiger partial charge in [0.1, 0.15) is 23.6 Å². The number of guanidine groups is 2. The molecule has 0 unspecified atom stereocenters. The van der Waals surface area contributed by atoms with Crippen LogP contribution < -0.4 is 43.5 Å². The summed E-state index contributed by atoms with van der Waals surface area (Å²) in [4.78, 5) is 86.6. The zero-order valence-electron chi connectivity index (χ0n) is 47.0. The van der Waals surface area contributed by atoms with Crippen molar-refractivity contribution in [3.63, 3.8) is 0 Å². The minimum absolute atomic E-state index is 0.0138. The summed E-state index contributed by atoms with van der Waals surface area (Å²) in [6, 6.07) is 17.5. The predicted octanol–water partition coefficient (Wildman–Crippen LogP) is 6.93. The fourth-order valence-corrected chi connectivity index (χ4v) is 14.3. The van der Waals surface area contributed by atoms with E-state index in [1.54, 1.807) is 48.5 Å². The number of non-ortho nitro benzene ring substituents is 1. The third kappa shape index (κ3) is 19.7. The molecule has 0 saturated heterocycles. The van der Waals surface area contributed by atoms with Crippen LogP contribution in [-0.4, -0.2) is 101 Å². The maximum absolute atomic E-state index is 12.4. The number of nitrogens with two attached hydrogens (primary N) is 5. The number of hydrogen-bond donors (Lipinski definition) is 8. The minimum atomic E-state index is -1.12. The maximum atomic E-state index is 12.4. The maximum Gasteiger partial charge on any atom is 0.407 e. The lowest BCUT2D eigenvalue weighted by atomic mass is 9.49. The van der Waals surface area contributed by atoms with Crippen molar-refractivity contribution in [2.24, 2.45) is 85.0 Å². The molecule has 8 aliphatic carbocycles. The summed E-state index contributed by atoms with van der Waals surface area (Å²) in [6.45, 7) is 1.44. The van der Waals surface area contributed by atoms with Gasteiger partial charge in [-0.05, 0) is 203 Å². The summed E-state index contributed by atoms with van der Waals surface area (Å²) in [6.07, 6.45) is 18.9. The van der Waals surface area contributed by atoms with E-state index in [1.807, 2.05) is 0 Å². The van der Waals surface area contributed by atoms with E-state index in [9.17, 15) is 44.0 Å². The number of nitrogens with one attached hydrogen (secondary N) is 1. The van der Waals surface area contributed by atoms with Crippen molar-refractivity contribution in [1.82, 2.24) is 5.32 Å². The Kier molecular flexibility index (Phi) is 22.3. The van der Waals surface area contributed by atoms with Gasteiger partial charge in [0.25, 0.3) is 5.69 Å². The lowest BCUT2D eigenvalue weighted by Crippen LogP contribution is -2.47. The highest BCUT2D eigenvalue weighted by Crippen LogP contribution is 2.62. The van der Waals surface area contributed by atoms with Crippen LogP contribution in [0.25, 0.3) is 0 Å². The molecule has 2 atom stereocenters. The van der Waals surface area contributed by atoms with E-state index in [2.05, 4.69) is 15.3 Å². The zero-order valence-corrected chi connectivity index (χ0v) is 47.0. The molecule has 0 aliphatic heterocycles. The van der Waals surface area contributed by atoms with E-state index in [0.717, 1.165) is 59.5 Å². The Bertz CT molecular complexity index is 2710. The van der Waals surface area contributed by atoms with E-state index in [-0.39, 0.29) is 55.2 Å². The number of carbonyl (C=O) groups excluding carboxylic acids is 4. The van der Waals surface area contributed by atoms with Crippen LogP contribution in [0.5, 0.6) is 11.5 Å². The molecule has 0 spiro atoms. The zero-order chi connectivity index (χ0) is 59.7. The minimum Gasteiger partial charge on any atom is -0.494 e. The van der Waals surface area contributed by atoms with E-state index < -0.39 is 40.9 Å². The second-order valence-corrected chi connectivity index (χ2v) is 23.9. The number of aliphatic imine (C=N–C) groups is 2. The number of nitro groups is 1. The summed E-state index contributed by atoms with van der Waals surface area (Å²) in [5.41, 5.74) is 28.6. The van der Waals surface area contributed by atoms with Crippen molar-refractivity contribution in [2.45, 2.75) is 141 Å². The Morgan fingerprint density at radius 1 is 0.578 bits per heavy atom. The Labute approximate surface area is 483 Å². The van der Waals surface area contributed by atoms with Gasteiger partial charge < -0.3 is 63.1 Å². The SMILES string of the molecule is NC(N)=NC(=O)CCCOc1ccc(C[C@H](N)C(=O)O)cc1.NC(N)=NC(=O)CCCOc1ccc(C[C@H](NC(=O)OCCC23CC4CC(CC(C4)C2)C3)C(=O)O)cc1.O=C(OCCC12CC3CC(CC(C3)C1)C2)c1ccc([N+](=O)[O-])cc1. The first kappa shape index (κ1) is 62.8. The largest absolute Gasteiger partial charge is 0.494 e. The molecular weight excluding hydrogens is 1070 g/mol. The fourth-order valence-electron chi connectivity index (χ4n) is 14.3. The summed E-state index contributed by atoms with van der Waals surface area (Å²) in [5, 5.41) is 31.5. The number of esters is 1. The Morgan fingerprint density at radius 3 is 1.35 bits per heavy atom. The van der Waals surface area contributed by atoms with Crippen LogP contribution in [0.4, 0.5) is 10.5 Å². The molecule has 0 radical (unpaired) electrons. The van der Waals surface area contributed by atoms with Crippen molar-refractivity contribution < 1.29 is 62.9 Å². The highest BCUT2D eigenvalue weighted by Gasteiger charge is 2.52. The number of amides is 3. The van der Waals surface area contributed by atoms with Gasteiger partial charge in [-0.3, -0.25) is 24.5 Å². The Morgan fingerprint density at radius 2 is 0.976 bits per heavy atom. The van der Waals surface area contributed by atoms with Gasteiger partial charge in [-0.25, -0.2) is 14.4 Å². The number of rotatable bonds is 25. The number of benzene rings is 3. The number of carboxylic acids is 2. The molecule has 3 aromatic carbocycles. The molecule has 8 fully saturated rings. The number of hydrogen-bond acceptors (Lipinski definition) is 13. The first-order valence-electron chi connectivity index (χ1n) is 28.9. The Hall–Kier alpha value is -7.82. The lowest BCUT2D eigenvalue weighted by Gasteiger charge is -2.57. The molecule has 0 aromatic heterocycles. The second-order valence-electron chi connectivity index (χ2n) is 23.9. The molecular formula is C60H81N9O14. The average molecular weight is 1150 g/mol. The van der Waals surface area contributed by atoms with E-state index >= 15 is 0 Å². The van der Waals surface area contributed by atoms with Gasteiger partial charge in [0.15, 0.2) is 11.9 Å². The van der Waals surface area contributed by atoms with Crippen molar-refractivity contribution in [3.8, 4) is 11.5 Å². The number of nitrogens with zero attached hydrogens (tertiary/aromatic N) is 3. The van der Waals surface area contributed by atoms with Crippen molar-refractivity contribution in [3.05, 3.63) is 99.6 Å². The van der Waals surface area contributed by atoms with Gasteiger partial charge in [-0.15, -0.1) is 0 Å². The average Bonchev–Trinajstić information content (AvgIpc) is 2.04. The van der Waals surface area contributed by atoms with Crippen LogP contribution in [0.3, 0.4) is 0 Å². The second kappa shape index (κ2) is 29.4. The molecule has 8 aliphatic rings. The van der Waals surface area contributed by atoms with Gasteiger partial charge in [-0.1, -0.05) is 24.3 Å². The van der Waals surface area contributed by atoms with E-state index in [4.69, 9.17) is 52.7 Å². The molecule has 8 bridgehead atoms. The topological polar surface area (TPSA) is 390 Å². The molecule has 3 aromatic rings. The standard InChI is InChI=1S/C27H38N4O6.C19H23NO4.C14H20N4O4/c28-25(29)31-23(32)2-1-8-36-21-5-3-17(4-6-21)13-22(24(33)34)30-26(35)37-9-7-27-14-18-10-19(15-27)12-20(11-18)16-27;21-18(16-1-3-17(4-2-16)20(22)23)24-6-5-19-10-13-7-14(11-19)9-15(8-13)12-19;15-11(13(20)21)8-9-3-5-10(6-4-9)22-7-1-2-12(19)18-14(16)17/h3-6,18-20,22H,1-2,7-16H2,(H,30,35)(H,33,34)(H4,28,29,31,32);1-4,13-15H,5-12H2;3-6,11H,1-2,7-8,15H2,(H,20,21)(H4,16,17,18,19)/t18?,19?,20?,22-,27?;;11-/m0.0/s1. The van der Waals surface area contributed by atoms with Crippen molar-refractivity contribution in [2.75, 3.05) is 26.4 Å². The predicted molar refractivity (Wildman–Crippen MR) is 307 cm³/mol. The first-order chi connectivity index (χ1) is 39.6. The molecule has 23 heteroatoms. The number of carbonyl (C=O) groups is 6. The van der Waals surface area contributed by atoms with Crippen LogP contribution in [0.2, 0.25) is 0 Å². The fraction of sp³-hybridized carbons (Fsp3) is 0.567. The summed E-state index contributed by atoms with van der Waals surface area (Å²) in [5.74, 6) is 2.61. The molecule has 83 heavy (non-hydrogen) atoms. The van der Waals surface area contributed by atoms with Crippen LogP contribution in [-0.2, 0) is 41.5 Å². The van der Waals surface area contributed by atoms with Gasteiger partial charge in [0.05, 0.1) is 36.9 Å². The van der Waals surface area contributed by atoms with Gasteiger partial charge in [-0.2, -0.15) is 9.98 Å². The highest BCUT2D eigenvalue weighted by molar-refractivity contribution is 5.92. The first-order valence-corrected chi connectivity index (χ1v) is 28.9. The number of alkyl carbamates (subject to hydrolysis) is 1. The highest BCUT2D eigenvalue weighted by atomic mass is 16.6. The lowest BCUT2D eigenvalue weighted by molar-refractivity contribution is -0.384. The molecule has 23 nitrogen and oxygen atoms in total. The summed E-state index contributed by atoms with van der Waals surface area (Å²) < 4.78 is 21.9. The number of ether oxygens (including phenoxy) is 4. The third-order valence-electron chi connectivity index (χ3n) is 17.1. The molecule has 13 N–H and O–H groups in total. The molecule has 8 saturated carbocycles. The number of nitro benzene ring substituents is 1. The molecule has 450 valence electrons. The monoisotopic (exact) mass is 1150 g/mol. The van der Waals surface area contributed by atoms with Crippen LogP contribution in [0.15, 0.2) is 82.8 Å². The smallest absolute Gasteiger partial charge is 0.407 e. The van der Waals surface area contributed by atoms with Crippen molar-refractivity contribution in [1.29, 1.82) is 0 Å². The number of aliphatic carboxylic acids is 2. The number of carboxylic acid groups (broad SMARTS) is 2. The molecule has 3 amide bonds. The normalized spacial score (nSPS) is 24.4. The molecule has 0 heterocycles. The van der Waals surface area contributed by atoms with E-state index in [0.29, 0.717) is 67.2 Å². The van der Waals surface area contributed by atoms with Gasteiger partial charge >= 0.3 is 24.0 Å². The third-order valence-corrected chi connectivity index (χ3v) is 17.1. The van der Waals surface area contributed by atoms with Crippen LogP contribution in [0.1, 0.15) is 137 Å². The summed E-state index contributed by atoms with van der Waals surface area (Å²) >= 11 is 0. The Balaban J connectivity index is 0.000000188. The van der Waals surface area contributed by atoms with Crippen LogP contribution in [0, 0.1) is 56.5 Å². The molecule has 11 rings (SSSR count). The van der Waals surface area contributed by atoms with Crippen LogP contribution >= 0.6 is 0 Å². The van der Waals surface area contributed by atoms with Crippen molar-refractivity contribution >= 4 is 53.4 Å². The van der Waals surface area contributed by atoms with Gasteiger partial charge in [0.2, 0.25) is 11.8 Å². The van der Waals surface area contributed by atoms with Gasteiger partial charge in [0, 0.05) is 31.4 Å². The summed E-state index contributed by atoms with van der Waals surface area (Å²) in [7, 11) is 0.